The van der Waals surface area contributed by atoms with Gasteiger partial charge in [0.05, 0.1) is 16.6 Å². The molecule has 0 aliphatic rings. The van der Waals surface area contributed by atoms with Crippen molar-refractivity contribution in [3.8, 4) is 5.75 Å². The van der Waals surface area contributed by atoms with Crippen molar-refractivity contribution in [2.75, 3.05) is 5.32 Å². The van der Waals surface area contributed by atoms with Gasteiger partial charge < -0.3 is 10.4 Å². The summed E-state index contributed by atoms with van der Waals surface area (Å²) in [4.78, 5) is 20.7. The van der Waals surface area contributed by atoms with Gasteiger partial charge in [0.2, 0.25) is 0 Å². The molecular formula is C17H10BrN3O2S. The van der Waals surface area contributed by atoms with Gasteiger partial charge in [0.25, 0.3) is 5.91 Å². The van der Waals surface area contributed by atoms with E-state index in [0.717, 1.165) is 15.5 Å². The molecule has 0 aliphatic heterocycles. The smallest absolute Gasteiger partial charge is 0.278 e. The Morgan fingerprint density at radius 3 is 2.83 bits per heavy atom. The Hall–Kier alpha value is -2.51. The molecule has 0 bridgehead atoms. The first kappa shape index (κ1) is 15.0. The van der Waals surface area contributed by atoms with Crippen molar-refractivity contribution in [2.45, 2.75) is 0 Å². The van der Waals surface area contributed by atoms with Crippen LogP contribution in [0.3, 0.4) is 0 Å². The van der Waals surface area contributed by atoms with Gasteiger partial charge in [-0.05, 0) is 34.1 Å². The van der Waals surface area contributed by atoms with Gasteiger partial charge in [-0.1, -0.05) is 18.2 Å². The lowest BCUT2D eigenvalue weighted by molar-refractivity contribution is 0.101. The predicted octanol–water partition coefficient (Wildman–Crippen LogP) is 4.56. The molecule has 0 saturated carbocycles. The number of amides is 1. The molecule has 0 unspecified atom stereocenters. The number of fused-ring (bicyclic) bond motifs is 3. The Labute approximate surface area is 149 Å². The number of thiophene rings is 1. The van der Waals surface area contributed by atoms with Crippen molar-refractivity contribution in [1.29, 1.82) is 0 Å². The van der Waals surface area contributed by atoms with E-state index in [1.54, 1.807) is 18.3 Å². The van der Waals surface area contributed by atoms with Crippen molar-refractivity contribution in [2.24, 2.45) is 0 Å². The van der Waals surface area contributed by atoms with Gasteiger partial charge in [-0.15, -0.1) is 11.3 Å². The van der Waals surface area contributed by atoms with Gasteiger partial charge in [-0.25, -0.2) is 4.98 Å². The number of carbonyl (C=O) groups is 1. The SMILES string of the molecule is O=C(Nc1cccnc1)c1nc(Br)c2c(sc3ccccc32)c1O. The lowest BCUT2D eigenvalue weighted by Gasteiger charge is -2.07. The molecule has 3 heterocycles. The molecule has 4 aromatic rings. The van der Waals surface area contributed by atoms with E-state index in [1.165, 1.54) is 17.5 Å². The maximum Gasteiger partial charge on any atom is 0.278 e. The van der Waals surface area contributed by atoms with E-state index in [0.29, 0.717) is 15.0 Å². The maximum atomic E-state index is 12.5. The average Bonchev–Trinajstić information content (AvgIpc) is 2.99. The van der Waals surface area contributed by atoms with Crippen LogP contribution in [0, 0.1) is 0 Å². The molecule has 2 N–H and O–H groups in total. The highest BCUT2D eigenvalue weighted by atomic mass is 79.9. The highest BCUT2D eigenvalue weighted by molar-refractivity contribution is 9.10. The summed E-state index contributed by atoms with van der Waals surface area (Å²) in [5.41, 5.74) is 0.515. The molecule has 0 spiro atoms. The summed E-state index contributed by atoms with van der Waals surface area (Å²) in [6, 6.07) is 11.2. The molecule has 7 heteroatoms. The van der Waals surface area contributed by atoms with Crippen LogP contribution in [0.15, 0.2) is 53.4 Å². The van der Waals surface area contributed by atoms with Crippen molar-refractivity contribution in [1.82, 2.24) is 9.97 Å². The van der Waals surface area contributed by atoms with Crippen molar-refractivity contribution in [3.63, 3.8) is 0 Å². The third-order valence-corrected chi connectivity index (χ3v) is 5.34. The van der Waals surface area contributed by atoms with Gasteiger partial charge in [-0.2, -0.15) is 0 Å². The Kier molecular flexibility index (Phi) is 3.66. The quantitative estimate of drug-likeness (QED) is 0.484. The number of benzene rings is 1. The van der Waals surface area contributed by atoms with Crippen LogP contribution in [0.25, 0.3) is 20.2 Å². The zero-order valence-corrected chi connectivity index (χ0v) is 14.6. The zero-order valence-electron chi connectivity index (χ0n) is 12.2. The first-order chi connectivity index (χ1) is 11.6. The summed E-state index contributed by atoms with van der Waals surface area (Å²) in [5.74, 6) is -0.601. The number of rotatable bonds is 2. The van der Waals surface area contributed by atoms with Gasteiger partial charge in [0.1, 0.15) is 4.60 Å². The van der Waals surface area contributed by atoms with Crippen molar-refractivity contribution >= 4 is 59.0 Å². The number of hydrogen-bond acceptors (Lipinski definition) is 5. The number of anilines is 1. The summed E-state index contributed by atoms with van der Waals surface area (Å²) in [6.07, 6.45) is 3.15. The second-order valence-electron chi connectivity index (χ2n) is 5.10. The number of aromatic hydroxyl groups is 1. The van der Waals surface area contributed by atoms with Gasteiger partial charge >= 0.3 is 0 Å². The van der Waals surface area contributed by atoms with Gasteiger partial charge in [-0.3, -0.25) is 9.78 Å². The Bertz CT molecular complexity index is 1080. The number of nitrogens with one attached hydrogen (secondary N) is 1. The van der Waals surface area contributed by atoms with Crippen LogP contribution in [0.4, 0.5) is 5.69 Å². The van der Waals surface area contributed by atoms with Crippen LogP contribution in [0.5, 0.6) is 5.75 Å². The number of nitrogens with zero attached hydrogens (tertiary/aromatic N) is 2. The zero-order chi connectivity index (χ0) is 16.7. The fourth-order valence-corrected chi connectivity index (χ4v) is 4.39. The van der Waals surface area contributed by atoms with Crippen LogP contribution >= 0.6 is 27.3 Å². The molecule has 0 atom stereocenters. The van der Waals surface area contributed by atoms with E-state index < -0.39 is 5.91 Å². The van der Waals surface area contributed by atoms with Crippen LogP contribution in [-0.4, -0.2) is 21.0 Å². The molecule has 24 heavy (non-hydrogen) atoms. The molecule has 0 fully saturated rings. The molecule has 3 aromatic heterocycles. The molecule has 0 radical (unpaired) electrons. The first-order valence-electron chi connectivity index (χ1n) is 7.06. The second kappa shape index (κ2) is 5.85. The van der Waals surface area contributed by atoms with Crippen LogP contribution < -0.4 is 5.32 Å². The minimum atomic E-state index is -0.486. The molecule has 118 valence electrons. The number of pyridine rings is 2. The third kappa shape index (κ3) is 2.42. The van der Waals surface area contributed by atoms with Crippen LogP contribution in [0.2, 0.25) is 0 Å². The molecule has 5 nitrogen and oxygen atoms in total. The Morgan fingerprint density at radius 1 is 1.21 bits per heavy atom. The van der Waals surface area contributed by atoms with Crippen molar-refractivity contribution < 1.29 is 9.90 Å². The number of aromatic nitrogens is 2. The van der Waals surface area contributed by atoms with Gasteiger partial charge in [0.15, 0.2) is 11.4 Å². The fourth-order valence-electron chi connectivity index (χ4n) is 2.52. The summed E-state index contributed by atoms with van der Waals surface area (Å²) in [6.45, 7) is 0. The second-order valence-corrected chi connectivity index (χ2v) is 6.90. The lowest BCUT2D eigenvalue weighted by Crippen LogP contribution is -2.14. The number of halogens is 1. The molecule has 0 saturated heterocycles. The van der Waals surface area contributed by atoms with E-state index in [-0.39, 0.29) is 11.4 Å². The number of carbonyl (C=O) groups excluding carboxylic acids is 1. The third-order valence-electron chi connectivity index (χ3n) is 3.59. The highest BCUT2D eigenvalue weighted by Crippen LogP contribution is 2.43. The van der Waals surface area contributed by atoms with E-state index in [4.69, 9.17) is 0 Å². The molecular weight excluding hydrogens is 390 g/mol. The van der Waals surface area contributed by atoms with E-state index in [9.17, 15) is 9.90 Å². The summed E-state index contributed by atoms with van der Waals surface area (Å²) >= 11 is 4.86. The summed E-state index contributed by atoms with van der Waals surface area (Å²) in [5, 5.41) is 15.1. The van der Waals surface area contributed by atoms with Gasteiger partial charge in [0, 0.05) is 21.7 Å². The minimum absolute atomic E-state index is 0.0233. The maximum absolute atomic E-state index is 12.5. The lowest BCUT2D eigenvalue weighted by atomic mass is 10.2. The van der Waals surface area contributed by atoms with Crippen molar-refractivity contribution in [3.05, 3.63) is 59.1 Å². The van der Waals surface area contributed by atoms with E-state index in [2.05, 4.69) is 31.2 Å². The standard InChI is InChI=1S/C17H10BrN3O2S/c18-16-12-10-5-1-2-6-11(10)24-15(12)14(22)13(21-16)17(23)20-9-4-3-7-19-8-9/h1-8,22H,(H,20,23). The molecule has 1 amide bonds. The van der Waals surface area contributed by atoms with E-state index >= 15 is 0 Å². The largest absolute Gasteiger partial charge is 0.504 e. The monoisotopic (exact) mass is 399 g/mol. The molecule has 1 aromatic carbocycles. The van der Waals surface area contributed by atoms with Crippen LogP contribution in [0.1, 0.15) is 10.5 Å². The molecule has 0 aliphatic carbocycles. The summed E-state index contributed by atoms with van der Waals surface area (Å²) < 4.78 is 2.19. The number of hydrogen-bond donors (Lipinski definition) is 2. The molecule has 4 rings (SSSR count). The Morgan fingerprint density at radius 2 is 2.04 bits per heavy atom. The predicted molar refractivity (Wildman–Crippen MR) is 98.7 cm³/mol. The summed E-state index contributed by atoms with van der Waals surface area (Å²) in [7, 11) is 0. The minimum Gasteiger partial charge on any atom is -0.504 e. The average molecular weight is 400 g/mol. The highest BCUT2D eigenvalue weighted by Gasteiger charge is 2.21. The van der Waals surface area contributed by atoms with E-state index in [1.807, 2.05) is 24.3 Å². The fraction of sp³-hybridized carbons (Fsp3) is 0. The first-order valence-corrected chi connectivity index (χ1v) is 8.67. The topological polar surface area (TPSA) is 75.1 Å². The van der Waals surface area contributed by atoms with Crippen LogP contribution in [-0.2, 0) is 0 Å². The Balaban J connectivity index is 1.86. The normalized spacial score (nSPS) is 11.0.